The van der Waals surface area contributed by atoms with Crippen LogP contribution in [-0.2, 0) is 16.0 Å². The molecule has 0 bridgehead atoms. The zero-order chi connectivity index (χ0) is 16.3. The maximum Gasteiger partial charge on any atom is 0.307 e. The number of carbonyl (C=O) groups excluding carboxylic acids is 1. The van der Waals surface area contributed by atoms with Gasteiger partial charge in [-0.1, -0.05) is 19.8 Å². The molecule has 1 aliphatic carbocycles. The molecule has 1 aromatic heterocycles. The van der Waals surface area contributed by atoms with Crippen LogP contribution >= 0.6 is 11.3 Å². The molecule has 2 atom stereocenters. The zero-order valence-corrected chi connectivity index (χ0v) is 13.6. The molecule has 1 amide bonds. The third-order valence-corrected chi connectivity index (χ3v) is 5.39. The summed E-state index contributed by atoms with van der Waals surface area (Å²) in [6, 6.07) is 2.16. The standard InChI is InChI=1S/C16H20N2O3S/c1-3-10-9(2)22-15(13(10)8-17)18-14(19)11-6-4-5-7-12(11)16(20)21/h11-12H,3-7H2,1-2H3,(H,18,19)(H,20,21)/t11-,12+/m1/s1. The molecule has 1 aromatic rings. The number of carbonyl (C=O) groups is 2. The number of hydrogen-bond donors (Lipinski definition) is 2. The Balaban J connectivity index is 2.21. The molecule has 1 aliphatic rings. The first-order valence-corrected chi connectivity index (χ1v) is 8.37. The van der Waals surface area contributed by atoms with Gasteiger partial charge in [-0.15, -0.1) is 11.3 Å². The lowest BCUT2D eigenvalue weighted by atomic mass is 9.79. The summed E-state index contributed by atoms with van der Waals surface area (Å²) in [6.45, 7) is 3.91. The minimum Gasteiger partial charge on any atom is -0.481 e. The molecule has 2 rings (SSSR count). The number of hydrogen-bond acceptors (Lipinski definition) is 4. The van der Waals surface area contributed by atoms with Crippen molar-refractivity contribution in [3.05, 3.63) is 16.0 Å². The van der Waals surface area contributed by atoms with E-state index < -0.39 is 17.8 Å². The molecule has 118 valence electrons. The highest BCUT2D eigenvalue weighted by Crippen LogP contribution is 2.35. The highest BCUT2D eigenvalue weighted by atomic mass is 32.1. The molecule has 2 N–H and O–H groups in total. The van der Waals surface area contributed by atoms with Crippen LogP contribution in [0.3, 0.4) is 0 Å². The van der Waals surface area contributed by atoms with Crippen molar-refractivity contribution in [1.29, 1.82) is 5.26 Å². The molecule has 5 nitrogen and oxygen atoms in total. The second-order valence-electron chi connectivity index (χ2n) is 5.63. The molecule has 1 fully saturated rings. The van der Waals surface area contributed by atoms with E-state index in [0.29, 0.717) is 23.4 Å². The third-order valence-electron chi connectivity index (χ3n) is 4.33. The monoisotopic (exact) mass is 320 g/mol. The van der Waals surface area contributed by atoms with Gasteiger partial charge in [-0.25, -0.2) is 0 Å². The summed E-state index contributed by atoms with van der Waals surface area (Å²) in [5.41, 5.74) is 1.47. The molecule has 0 unspecified atom stereocenters. The van der Waals surface area contributed by atoms with Gasteiger partial charge in [0.2, 0.25) is 5.91 Å². The van der Waals surface area contributed by atoms with Gasteiger partial charge in [-0.2, -0.15) is 5.26 Å². The van der Waals surface area contributed by atoms with Crippen LogP contribution < -0.4 is 5.32 Å². The lowest BCUT2D eigenvalue weighted by Gasteiger charge is -2.27. The molecular formula is C16H20N2O3S. The minimum absolute atomic E-state index is 0.271. The highest BCUT2D eigenvalue weighted by molar-refractivity contribution is 7.16. The summed E-state index contributed by atoms with van der Waals surface area (Å²) in [7, 11) is 0. The number of carboxylic acids is 1. The quantitative estimate of drug-likeness (QED) is 0.890. The van der Waals surface area contributed by atoms with Crippen molar-refractivity contribution < 1.29 is 14.7 Å². The van der Waals surface area contributed by atoms with Crippen LogP contribution in [0.15, 0.2) is 0 Å². The average Bonchev–Trinajstić information content (AvgIpc) is 2.81. The lowest BCUT2D eigenvalue weighted by molar-refractivity contribution is -0.147. The Morgan fingerprint density at radius 1 is 1.36 bits per heavy atom. The van der Waals surface area contributed by atoms with E-state index in [1.54, 1.807) is 0 Å². The van der Waals surface area contributed by atoms with Crippen molar-refractivity contribution in [3.63, 3.8) is 0 Å². The fourth-order valence-electron chi connectivity index (χ4n) is 3.16. The first-order valence-electron chi connectivity index (χ1n) is 7.55. The summed E-state index contributed by atoms with van der Waals surface area (Å²) >= 11 is 1.39. The molecule has 1 heterocycles. The largest absolute Gasteiger partial charge is 0.481 e. The average molecular weight is 320 g/mol. The third kappa shape index (κ3) is 3.14. The van der Waals surface area contributed by atoms with Crippen molar-refractivity contribution in [2.75, 3.05) is 5.32 Å². The van der Waals surface area contributed by atoms with Gasteiger partial charge in [0.15, 0.2) is 0 Å². The van der Waals surface area contributed by atoms with Crippen molar-refractivity contribution in [1.82, 2.24) is 0 Å². The van der Waals surface area contributed by atoms with Gasteiger partial charge in [-0.05, 0) is 31.7 Å². The summed E-state index contributed by atoms with van der Waals surface area (Å²) < 4.78 is 0. The van der Waals surface area contributed by atoms with Crippen LogP contribution in [0.25, 0.3) is 0 Å². The van der Waals surface area contributed by atoms with Crippen molar-refractivity contribution in [2.24, 2.45) is 11.8 Å². The molecule has 1 saturated carbocycles. The van der Waals surface area contributed by atoms with Crippen LogP contribution in [0.2, 0.25) is 0 Å². The molecule has 6 heteroatoms. The van der Waals surface area contributed by atoms with E-state index in [-0.39, 0.29) is 5.91 Å². The topological polar surface area (TPSA) is 90.2 Å². The maximum absolute atomic E-state index is 12.5. The lowest BCUT2D eigenvalue weighted by Crippen LogP contribution is -2.36. The van der Waals surface area contributed by atoms with E-state index in [9.17, 15) is 20.0 Å². The number of nitrogens with one attached hydrogen (secondary N) is 1. The van der Waals surface area contributed by atoms with E-state index >= 15 is 0 Å². The highest BCUT2D eigenvalue weighted by Gasteiger charge is 2.36. The second-order valence-corrected chi connectivity index (χ2v) is 6.86. The Morgan fingerprint density at radius 3 is 2.55 bits per heavy atom. The van der Waals surface area contributed by atoms with Crippen LogP contribution in [0.5, 0.6) is 0 Å². The van der Waals surface area contributed by atoms with E-state index in [2.05, 4.69) is 11.4 Å². The van der Waals surface area contributed by atoms with E-state index in [1.807, 2.05) is 13.8 Å². The van der Waals surface area contributed by atoms with Gasteiger partial charge < -0.3 is 10.4 Å². The van der Waals surface area contributed by atoms with E-state index in [0.717, 1.165) is 29.7 Å². The first kappa shape index (κ1) is 16.5. The van der Waals surface area contributed by atoms with Gasteiger partial charge in [-0.3, -0.25) is 9.59 Å². The Morgan fingerprint density at radius 2 is 2.00 bits per heavy atom. The molecule has 0 aliphatic heterocycles. The predicted molar refractivity (Wildman–Crippen MR) is 84.9 cm³/mol. The molecule has 0 spiro atoms. The minimum atomic E-state index is -0.906. The molecular weight excluding hydrogens is 300 g/mol. The fourth-order valence-corrected chi connectivity index (χ4v) is 4.25. The van der Waals surface area contributed by atoms with Gasteiger partial charge in [0.05, 0.1) is 17.4 Å². The van der Waals surface area contributed by atoms with Gasteiger partial charge in [0.1, 0.15) is 11.1 Å². The van der Waals surface area contributed by atoms with Crippen molar-refractivity contribution in [3.8, 4) is 6.07 Å². The van der Waals surface area contributed by atoms with E-state index in [4.69, 9.17) is 0 Å². The Labute approximate surface area is 134 Å². The number of carboxylic acid groups (broad SMARTS) is 1. The Kier molecular flexibility index (Phi) is 5.19. The molecule has 22 heavy (non-hydrogen) atoms. The van der Waals surface area contributed by atoms with Crippen LogP contribution in [-0.4, -0.2) is 17.0 Å². The summed E-state index contributed by atoms with van der Waals surface area (Å²) in [4.78, 5) is 24.8. The number of nitriles is 1. The number of anilines is 1. The van der Waals surface area contributed by atoms with Crippen LogP contribution in [0, 0.1) is 30.1 Å². The van der Waals surface area contributed by atoms with Crippen molar-refractivity contribution in [2.45, 2.75) is 46.0 Å². The number of nitrogens with zero attached hydrogens (tertiary/aromatic N) is 1. The summed E-state index contributed by atoms with van der Waals surface area (Å²) in [6.07, 6.45) is 3.60. The number of thiophene rings is 1. The molecule has 0 radical (unpaired) electrons. The zero-order valence-electron chi connectivity index (χ0n) is 12.8. The predicted octanol–water partition coefficient (Wildman–Crippen LogP) is 3.32. The number of rotatable bonds is 4. The number of aryl methyl sites for hydroxylation is 1. The Hall–Kier alpha value is -1.87. The van der Waals surface area contributed by atoms with Gasteiger partial charge >= 0.3 is 5.97 Å². The molecule has 0 aromatic carbocycles. The number of amides is 1. The van der Waals surface area contributed by atoms with E-state index in [1.165, 1.54) is 11.3 Å². The summed E-state index contributed by atoms with van der Waals surface area (Å²) in [5, 5.41) is 22.0. The molecule has 0 saturated heterocycles. The summed E-state index contributed by atoms with van der Waals surface area (Å²) in [5.74, 6) is -2.30. The van der Waals surface area contributed by atoms with Crippen molar-refractivity contribution >= 4 is 28.2 Å². The van der Waals surface area contributed by atoms with Crippen LogP contribution in [0.1, 0.15) is 48.6 Å². The first-order chi connectivity index (χ1) is 10.5. The van der Waals surface area contributed by atoms with Gasteiger partial charge in [0, 0.05) is 4.88 Å². The normalized spacial score (nSPS) is 21.1. The van der Waals surface area contributed by atoms with Gasteiger partial charge in [0.25, 0.3) is 0 Å². The van der Waals surface area contributed by atoms with Crippen LogP contribution in [0.4, 0.5) is 5.00 Å². The second kappa shape index (κ2) is 6.93. The maximum atomic E-state index is 12.5. The number of aliphatic carboxylic acids is 1. The Bertz CT molecular complexity index is 630. The SMILES string of the molecule is CCc1c(C)sc(NC(=O)[C@@H]2CCCC[C@@H]2C(=O)O)c1C#N. The fraction of sp³-hybridized carbons (Fsp3) is 0.562. The smallest absolute Gasteiger partial charge is 0.307 e.